The molecule has 0 bridgehead atoms. The Balaban J connectivity index is 1.03. The van der Waals surface area contributed by atoms with Crippen LogP contribution < -0.4 is 0 Å². The third-order valence-electron chi connectivity index (χ3n) is 18.7. The van der Waals surface area contributed by atoms with Gasteiger partial charge in [-0.15, -0.1) is 0 Å². The molecule has 0 saturated heterocycles. The molecule has 0 atom stereocenters. The summed E-state index contributed by atoms with van der Waals surface area (Å²) >= 11 is 0. The number of pyridine rings is 1. The maximum absolute atomic E-state index is 5.36. The molecular weight excluding hydrogens is 921 g/mol. The molecule has 0 spiro atoms. The molecule has 0 unspecified atom stereocenters. The molecule has 14 aromatic rings. The van der Waals surface area contributed by atoms with E-state index in [0.29, 0.717) is 0 Å². The van der Waals surface area contributed by atoms with Crippen molar-refractivity contribution < 1.29 is 0 Å². The van der Waals surface area contributed by atoms with Crippen LogP contribution in [0.3, 0.4) is 0 Å². The minimum absolute atomic E-state index is 0.120. The second-order valence-corrected chi connectivity index (χ2v) is 23.5. The van der Waals surface area contributed by atoms with Crippen molar-refractivity contribution in [2.75, 3.05) is 0 Å². The average molecular weight is 973 g/mol. The number of hydrogen-bond donors (Lipinski definition) is 0. The van der Waals surface area contributed by atoms with Crippen LogP contribution in [0.5, 0.6) is 0 Å². The monoisotopic (exact) mass is 972 g/mol. The summed E-state index contributed by atoms with van der Waals surface area (Å²) in [5.74, 6) is 0. The van der Waals surface area contributed by atoms with Crippen LogP contribution in [0.2, 0.25) is 0 Å². The molecule has 0 saturated carbocycles. The summed E-state index contributed by atoms with van der Waals surface area (Å²) in [5, 5.41) is 8.58. The molecule has 3 aliphatic carbocycles. The van der Waals surface area contributed by atoms with Gasteiger partial charge in [0.05, 0.1) is 55.7 Å². The van der Waals surface area contributed by atoms with Gasteiger partial charge in [0.25, 0.3) is 0 Å². The lowest BCUT2D eigenvalue weighted by Gasteiger charge is -2.22. The van der Waals surface area contributed by atoms with Crippen molar-refractivity contribution in [2.24, 2.45) is 0 Å². The molecule has 4 nitrogen and oxygen atoms in total. The van der Waals surface area contributed by atoms with E-state index < -0.39 is 0 Å². The third-order valence-corrected chi connectivity index (χ3v) is 18.7. The van der Waals surface area contributed by atoms with Crippen LogP contribution in [0, 0.1) is 0 Å². The van der Waals surface area contributed by atoms with Crippen LogP contribution in [0.1, 0.15) is 74.9 Å². The van der Waals surface area contributed by atoms with Gasteiger partial charge in [0, 0.05) is 60.1 Å². The van der Waals surface area contributed by atoms with Crippen molar-refractivity contribution >= 4 is 76.3 Å². The molecule has 360 valence electrons. The van der Waals surface area contributed by atoms with E-state index in [2.05, 4.69) is 255 Å². The Morgan fingerprint density at radius 2 is 0.605 bits per heavy atom. The van der Waals surface area contributed by atoms with E-state index in [-0.39, 0.29) is 16.2 Å². The first-order chi connectivity index (χ1) is 37.0. The molecule has 10 aromatic carbocycles. The lowest BCUT2D eigenvalue weighted by atomic mass is 9.82. The minimum atomic E-state index is -0.144. The number of aromatic nitrogens is 4. The molecule has 3 aliphatic rings. The molecule has 0 N–H and O–H groups in total. The zero-order chi connectivity index (χ0) is 50.7. The fraction of sp³-hybridized carbons (Fsp3) is 0.125. The van der Waals surface area contributed by atoms with Gasteiger partial charge in [0.15, 0.2) is 0 Å². The van der Waals surface area contributed by atoms with Gasteiger partial charge in [-0.1, -0.05) is 169 Å². The van der Waals surface area contributed by atoms with Gasteiger partial charge in [-0.2, -0.15) is 0 Å². The largest absolute Gasteiger partial charge is 0.308 e. The summed E-state index contributed by atoms with van der Waals surface area (Å²) in [6.07, 6.45) is 2.02. The van der Waals surface area contributed by atoms with Gasteiger partial charge >= 0.3 is 0 Å². The topological polar surface area (TPSA) is 27.7 Å². The molecule has 0 amide bonds. The Morgan fingerprint density at radius 1 is 0.263 bits per heavy atom. The number of fused-ring (bicyclic) bond motifs is 19. The summed E-state index contributed by atoms with van der Waals surface area (Å²) < 4.78 is 7.65. The van der Waals surface area contributed by atoms with Crippen molar-refractivity contribution in [3.63, 3.8) is 0 Å². The summed E-state index contributed by atoms with van der Waals surface area (Å²) in [4.78, 5) is 5.36. The smallest absolute Gasteiger partial charge is 0.0745 e. The zero-order valence-corrected chi connectivity index (χ0v) is 43.4. The quantitative estimate of drug-likeness (QED) is 0.173. The minimum Gasteiger partial charge on any atom is -0.308 e. The van der Waals surface area contributed by atoms with Crippen LogP contribution in [-0.4, -0.2) is 18.7 Å². The molecule has 76 heavy (non-hydrogen) atoms. The second kappa shape index (κ2) is 14.2. The number of hydrogen-bond acceptors (Lipinski definition) is 1. The fourth-order valence-electron chi connectivity index (χ4n) is 15.0. The Morgan fingerprint density at radius 3 is 1.01 bits per heavy atom. The van der Waals surface area contributed by atoms with Crippen molar-refractivity contribution in [1.29, 1.82) is 0 Å². The van der Waals surface area contributed by atoms with E-state index in [1.165, 1.54) is 132 Å². The lowest BCUT2D eigenvalue weighted by molar-refractivity contribution is 0.661. The standard InChI is InChI=1S/C72H52N4/c1-70(2)54-25-13-7-19-41(54)47-36-65-50(33-57(47)70)44-22-10-16-28-61(44)74(65)64-31-32-73-60-40-69(76-63-30-18-12-24-46(63)52-35-59-49(38-67(52)76)43-21-9-15-27-56(43)72(59,5)6)68(39-53(60)64)75-62-29-17-11-23-45(62)51-34-58-48(37-66(51)75)42-20-8-14-26-55(42)71(58,3)4/h7-40H,1-6H3. The van der Waals surface area contributed by atoms with Gasteiger partial charge in [-0.3, -0.25) is 4.98 Å². The Kier molecular flexibility index (Phi) is 7.93. The Hall–Kier alpha value is -8.99. The predicted molar refractivity (Wildman–Crippen MR) is 317 cm³/mol. The fourth-order valence-corrected chi connectivity index (χ4v) is 15.0. The highest BCUT2D eigenvalue weighted by molar-refractivity contribution is 6.16. The normalized spacial score (nSPS) is 15.3. The Labute approximate surface area is 440 Å². The number of rotatable bonds is 3. The van der Waals surface area contributed by atoms with Gasteiger partial charge in [0.1, 0.15) is 0 Å². The van der Waals surface area contributed by atoms with Crippen molar-refractivity contribution in [3.05, 3.63) is 240 Å². The highest BCUT2D eigenvalue weighted by Gasteiger charge is 2.39. The summed E-state index contributed by atoms with van der Waals surface area (Å²) in [6.45, 7) is 14.3. The molecule has 0 radical (unpaired) electrons. The Bertz CT molecular complexity index is 4970. The number of benzene rings is 10. The maximum Gasteiger partial charge on any atom is 0.0745 e. The second-order valence-electron chi connectivity index (χ2n) is 23.5. The van der Waals surface area contributed by atoms with Crippen LogP contribution in [0.15, 0.2) is 206 Å². The first kappa shape index (κ1) is 42.4. The number of nitrogens with zero attached hydrogens (tertiary/aromatic N) is 4. The third kappa shape index (κ3) is 5.17. The van der Waals surface area contributed by atoms with E-state index in [1.54, 1.807) is 0 Å². The van der Waals surface area contributed by atoms with E-state index in [0.717, 1.165) is 28.0 Å². The molecule has 0 fully saturated rings. The SMILES string of the molecule is CC1(C)c2ccccc2-c2cc3c(cc21)c1ccccc1n3-c1cc2nccc(-n3c4ccccc4c4cc5c(cc43)-c3ccccc3C5(C)C)c2cc1-n1c2ccccc2c2cc3c(cc21)-c1ccccc1C3(C)C. The maximum atomic E-state index is 5.36. The van der Waals surface area contributed by atoms with Crippen LogP contribution in [0.25, 0.3) is 127 Å². The van der Waals surface area contributed by atoms with Crippen LogP contribution in [-0.2, 0) is 16.2 Å². The van der Waals surface area contributed by atoms with Gasteiger partial charge < -0.3 is 13.7 Å². The van der Waals surface area contributed by atoms with E-state index in [4.69, 9.17) is 4.98 Å². The van der Waals surface area contributed by atoms with Crippen LogP contribution >= 0.6 is 0 Å². The van der Waals surface area contributed by atoms with E-state index >= 15 is 0 Å². The molecular formula is C72H52N4. The molecule has 0 aliphatic heterocycles. The van der Waals surface area contributed by atoms with Crippen molar-refractivity contribution in [3.8, 4) is 50.4 Å². The summed E-state index contributed by atoms with van der Waals surface area (Å²) in [6, 6.07) is 76.2. The molecule has 4 heteroatoms. The first-order valence-electron chi connectivity index (χ1n) is 26.9. The van der Waals surface area contributed by atoms with E-state index in [9.17, 15) is 0 Å². The lowest BCUT2D eigenvalue weighted by Crippen LogP contribution is -2.14. The first-order valence-corrected chi connectivity index (χ1v) is 26.9. The van der Waals surface area contributed by atoms with Crippen molar-refractivity contribution in [2.45, 2.75) is 57.8 Å². The van der Waals surface area contributed by atoms with Gasteiger partial charge in [-0.25, -0.2) is 0 Å². The summed E-state index contributed by atoms with van der Waals surface area (Å²) in [5.41, 5.74) is 27.0. The van der Waals surface area contributed by atoms with E-state index in [1.807, 2.05) is 6.20 Å². The predicted octanol–water partition coefficient (Wildman–Crippen LogP) is 18.4. The molecule has 4 aromatic heterocycles. The average Bonchev–Trinajstić information content (AvgIpc) is 4.29. The summed E-state index contributed by atoms with van der Waals surface area (Å²) in [7, 11) is 0. The highest BCUT2D eigenvalue weighted by atomic mass is 15.1. The molecule has 17 rings (SSSR count). The van der Waals surface area contributed by atoms with Crippen LogP contribution in [0.4, 0.5) is 0 Å². The zero-order valence-electron chi connectivity index (χ0n) is 43.4. The van der Waals surface area contributed by atoms with Crippen molar-refractivity contribution in [1.82, 2.24) is 18.7 Å². The highest BCUT2D eigenvalue weighted by Crippen LogP contribution is 2.55. The van der Waals surface area contributed by atoms with Gasteiger partial charge in [0.2, 0.25) is 0 Å². The van der Waals surface area contributed by atoms with Gasteiger partial charge in [-0.05, 0) is 140 Å². The number of para-hydroxylation sites is 3. The molecule has 4 heterocycles.